The Bertz CT molecular complexity index is 630. The minimum atomic E-state index is -4.47. The van der Waals surface area contributed by atoms with E-state index in [4.69, 9.17) is 0 Å². The molecule has 2 atom stereocenters. The van der Waals surface area contributed by atoms with Crippen LogP contribution in [0.4, 0.5) is 19.1 Å². The predicted molar refractivity (Wildman–Crippen MR) is 93.3 cm³/mol. The van der Waals surface area contributed by atoms with Crippen LogP contribution in [0, 0.1) is 5.92 Å². The minimum Gasteiger partial charge on any atom is -0.340 e. The zero-order chi connectivity index (χ0) is 18.0. The third kappa shape index (κ3) is 4.37. The van der Waals surface area contributed by atoms with Gasteiger partial charge in [0.1, 0.15) is 5.69 Å². The molecule has 3 heterocycles. The van der Waals surface area contributed by atoms with Crippen molar-refractivity contribution >= 4 is 24.3 Å². The number of anilines is 1. The second-order valence-corrected chi connectivity index (χ2v) is 6.53. The second-order valence-electron chi connectivity index (χ2n) is 6.53. The van der Waals surface area contributed by atoms with Crippen LogP contribution < -0.4 is 10.2 Å². The van der Waals surface area contributed by atoms with Gasteiger partial charge in [0, 0.05) is 44.8 Å². The van der Waals surface area contributed by atoms with Gasteiger partial charge in [0.2, 0.25) is 11.9 Å². The molecule has 1 aromatic rings. The number of hydrogen-bond donors (Lipinski definition) is 1. The van der Waals surface area contributed by atoms with Gasteiger partial charge in [-0.3, -0.25) is 4.79 Å². The summed E-state index contributed by atoms with van der Waals surface area (Å²) < 4.78 is 38.6. The molecule has 0 bridgehead atoms. The Morgan fingerprint density at radius 3 is 2.81 bits per heavy atom. The Morgan fingerprint density at radius 1 is 1.35 bits per heavy atom. The maximum Gasteiger partial charge on any atom is 0.433 e. The van der Waals surface area contributed by atoms with Crippen molar-refractivity contribution in [3.05, 3.63) is 18.0 Å². The molecule has 2 aliphatic heterocycles. The molecule has 26 heavy (non-hydrogen) atoms. The van der Waals surface area contributed by atoms with Crippen LogP contribution in [0.25, 0.3) is 0 Å². The maximum atomic E-state index is 12.9. The molecule has 6 nitrogen and oxygen atoms in total. The molecule has 2 fully saturated rings. The first kappa shape index (κ1) is 20.7. The summed E-state index contributed by atoms with van der Waals surface area (Å²) in [5.41, 5.74) is -0.922. The number of aromatic nitrogens is 2. The number of fused-ring (bicyclic) bond motifs is 1. The summed E-state index contributed by atoms with van der Waals surface area (Å²) in [5, 5.41) is 3.06. The van der Waals surface area contributed by atoms with Crippen LogP contribution in [0.1, 0.15) is 25.0 Å². The number of halogens is 4. The summed E-state index contributed by atoms with van der Waals surface area (Å²) in [6.45, 7) is 2.52. The lowest BCUT2D eigenvalue weighted by molar-refractivity contribution is -0.141. The maximum absolute atomic E-state index is 12.9. The zero-order valence-electron chi connectivity index (χ0n) is 14.5. The normalized spacial score (nSPS) is 23.5. The van der Waals surface area contributed by atoms with Gasteiger partial charge in [0.25, 0.3) is 0 Å². The zero-order valence-corrected chi connectivity index (χ0v) is 15.3. The molecule has 0 radical (unpaired) electrons. The summed E-state index contributed by atoms with van der Waals surface area (Å²) in [5.74, 6) is 0.522. The molecule has 1 aromatic heterocycles. The van der Waals surface area contributed by atoms with E-state index in [0.717, 1.165) is 31.6 Å². The van der Waals surface area contributed by atoms with Crippen molar-refractivity contribution in [1.82, 2.24) is 20.2 Å². The minimum absolute atomic E-state index is 0. The number of alkyl halides is 3. The molecular weight excluding hydrogens is 371 g/mol. The number of carbonyl (C=O) groups excluding carboxylic acids is 1. The van der Waals surface area contributed by atoms with E-state index >= 15 is 0 Å². The highest BCUT2D eigenvalue weighted by Crippen LogP contribution is 2.33. The number of rotatable bonds is 4. The van der Waals surface area contributed by atoms with Gasteiger partial charge in [0.15, 0.2) is 0 Å². The molecular formula is C16H23ClF3N5O. The van der Waals surface area contributed by atoms with Crippen LogP contribution >= 0.6 is 12.4 Å². The Labute approximate surface area is 156 Å². The summed E-state index contributed by atoms with van der Waals surface area (Å²) in [6, 6.07) is 1.03. The number of likely N-dealkylation sites (tertiary alicyclic amines) is 1. The quantitative estimate of drug-likeness (QED) is 0.847. The Kier molecular flexibility index (Phi) is 6.68. The first-order chi connectivity index (χ1) is 11.9. The number of hydrogen-bond acceptors (Lipinski definition) is 5. The molecule has 3 rings (SSSR count). The lowest BCUT2D eigenvalue weighted by Gasteiger charge is -2.47. The lowest BCUT2D eigenvalue weighted by Crippen LogP contribution is -2.57. The van der Waals surface area contributed by atoms with Crippen LogP contribution in [-0.4, -0.2) is 60.0 Å². The van der Waals surface area contributed by atoms with E-state index < -0.39 is 11.9 Å². The van der Waals surface area contributed by atoms with Gasteiger partial charge < -0.3 is 15.1 Å². The second kappa shape index (κ2) is 8.39. The fraction of sp³-hybridized carbons (Fsp3) is 0.688. The molecule has 0 aliphatic carbocycles. The number of piperidine rings is 2. The van der Waals surface area contributed by atoms with Crippen molar-refractivity contribution in [2.45, 2.75) is 31.5 Å². The molecule has 1 N–H and O–H groups in total. The molecule has 10 heteroatoms. The fourth-order valence-electron chi connectivity index (χ4n) is 3.71. The van der Waals surface area contributed by atoms with Crippen molar-refractivity contribution in [2.24, 2.45) is 5.92 Å². The molecule has 2 aliphatic rings. The predicted octanol–water partition coefficient (Wildman–Crippen LogP) is 1.95. The van der Waals surface area contributed by atoms with E-state index in [1.54, 1.807) is 0 Å². The summed E-state index contributed by atoms with van der Waals surface area (Å²) in [7, 11) is 1.85. The van der Waals surface area contributed by atoms with Crippen LogP contribution in [0.2, 0.25) is 0 Å². The highest BCUT2D eigenvalue weighted by Gasteiger charge is 2.40. The van der Waals surface area contributed by atoms with Crippen molar-refractivity contribution in [2.75, 3.05) is 38.1 Å². The third-order valence-electron chi connectivity index (χ3n) is 4.96. The molecule has 0 spiro atoms. The van der Waals surface area contributed by atoms with Gasteiger partial charge in [-0.2, -0.15) is 13.2 Å². The number of nitrogens with zero attached hydrogens (tertiary/aromatic N) is 4. The van der Waals surface area contributed by atoms with E-state index in [9.17, 15) is 18.0 Å². The van der Waals surface area contributed by atoms with Gasteiger partial charge in [-0.15, -0.1) is 12.4 Å². The van der Waals surface area contributed by atoms with Gasteiger partial charge in [-0.05, 0) is 31.9 Å². The number of nitrogens with one attached hydrogen (secondary N) is 1. The highest BCUT2D eigenvalue weighted by molar-refractivity contribution is 5.85. The monoisotopic (exact) mass is 393 g/mol. The lowest BCUT2D eigenvalue weighted by atomic mass is 9.83. The third-order valence-corrected chi connectivity index (χ3v) is 4.96. The van der Waals surface area contributed by atoms with Crippen LogP contribution in [-0.2, 0) is 11.0 Å². The molecule has 2 saturated heterocycles. The SMILES string of the molecule is CNCCN1C(=O)CC[C@H]2CN(c3nccc(C(F)(F)F)n3)CC[C@H]21.Cl. The molecule has 146 valence electrons. The van der Waals surface area contributed by atoms with Crippen molar-refractivity contribution in [3.63, 3.8) is 0 Å². The van der Waals surface area contributed by atoms with E-state index in [2.05, 4.69) is 15.3 Å². The summed E-state index contributed by atoms with van der Waals surface area (Å²) in [4.78, 5) is 23.6. The first-order valence-electron chi connectivity index (χ1n) is 8.49. The molecule has 1 amide bonds. The standard InChI is InChI=1S/C16H22F3N5O.ClH/c1-20-7-9-24-12-5-8-23(10-11(12)2-3-14(24)25)15-21-6-4-13(22-15)16(17,18)19;/h4,6,11-12,20H,2-3,5,7-10H2,1H3;1H/t11-,12+;/m0./s1. The fourth-order valence-corrected chi connectivity index (χ4v) is 3.71. The Balaban J connectivity index is 0.00000243. The van der Waals surface area contributed by atoms with Gasteiger partial charge in [-0.1, -0.05) is 0 Å². The Hall–Kier alpha value is -1.61. The van der Waals surface area contributed by atoms with E-state index in [1.807, 2.05) is 16.8 Å². The van der Waals surface area contributed by atoms with E-state index in [1.165, 1.54) is 0 Å². The van der Waals surface area contributed by atoms with E-state index in [-0.39, 0.29) is 36.2 Å². The van der Waals surface area contributed by atoms with Crippen molar-refractivity contribution in [3.8, 4) is 0 Å². The topological polar surface area (TPSA) is 61.4 Å². The van der Waals surface area contributed by atoms with Gasteiger partial charge in [-0.25, -0.2) is 9.97 Å². The smallest absolute Gasteiger partial charge is 0.340 e. The molecule has 0 aromatic carbocycles. The first-order valence-corrected chi connectivity index (χ1v) is 8.49. The number of carbonyl (C=O) groups is 1. The van der Waals surface area contributed by atoms with Crippen molar-refractivity contribution in [1.29, 1.82) is 0 Å². The van der Waals surface area contributed by atoms with Crippen molar-refractivity contribution < 1.29 is 18.0 Å². The van der Waals surface area contributed by atoms with Crippen LogP contribution in [0.5, 0.6) is 0 Å². The summed E-state index contributed by atoms with van der Waals surface area (Å²) >= 11 is 0. The highest BCUT2D eigenvalue weighted by atomic mass is 35.5. The van der Waals surface area contributed by atoms with Crippen LogP contribution in [0.3, 0.4) is 0 Å². The number of likely N-dealkylation sites (N-methyl/N-ethyl adjacent to an activating group) is 1. The van der Waals surface area contributed by atoms with Gasteiger partial charge in [0.05, 0.1) is 0 Å². The van der Waals surface area contributed by atoms with Crippen LogP contribution in [0.15, 0.2) is 12.3 Å². The molecule has 0 saturated carbocycles. The molecule has 0 unspecified atom stereocenters. The number of amides is 1. The average Bonchev–Trinajstić information content (AvgIpc) is 2.60. The Morgan fingerprint density at radius 2 is 2.12 bits per heavy atom. The van der Waals surface area contributed by atoms with E-state index in [0.29, 0.717) is 26.1 Å². The summed E-state index contributed by atoms with van der Waals surface area (Å²) in [6.07, 6.45) is -1.35. The largest absolute Gasteiger partial charge is 0.433 e. The average molecular weight is 394 g/mol. The van der Waals surface area contributed by atoms with Gasteiger partial charge >= 0.3 is 6.18 Å².